The molecule has 0 bridgehead atoms. The number of hydrogen-bond donors (Lipinski definition) is 2. The predicted molar refractivity (Wildman–Crippen MR) is 99.9 cm³/mol. The number of rotatable bonds is 4. The molecule has 1 aromatic rings. The number of piperazine rings is 1. The summed E-state index contributed by atoms with van der Waals surface area (Å²) in [6.45, 7) is 7.24. The number of nitrogens with one attached hydrogen (secondary N) is 2. The maximum atomic E-state index is 12.9. The summed E-state index contributed by atoms with van der Waals surface area (Å²) in [5, 5.41) is 5.92. The van der Waals surface area contributed by atoms with Crippen LogP contribution < -0.4 is 15.5 Å². The number of urea groups is 1. The van der Waals surface area contributed by atoms with Gasteiger partial charge in [0, 0.05) is 26.2 Å². The van der Waals surface area contributed by atoms with E-state index in [4.69, 9.17) is 0 Å². The number of benzene rings is 1. The third kappa shape index (κ3) is 4.06. The minimum atomic E-state index is -0.396. The lowest BCUT2D eigenvalue weighted by Crippen LogP contribution is -2.58. The Bertz CT molecular complexity index is 626. The third-order valence-corrected chi connectivity index (χ3v) is 4.88. The van der Waals surface area contributed by atoms with Gasteiger partial charge in [-0.25, -0.2) is 4.79 Å². The Kier molecular flexibility index (Phi) is 5.46. The Morgan fingerprint density at radius 1 is 1.24 bits per heavy atom. The molecule has 0 saturated carbocycles. The van der Waals surface area contributed by atoms with Crippen LogP contribution in [0.3, 0.4) is 0 Å². The van der Waals surface area contributed by atoms with E-state index in [1.165, 1.54) is 12.8 Å². The van der Waals surface area contributed by atoms with E-state index in [2.05, 4.69) is 35.4 Å². The highest BCUT2D eigenvalue weighted by molar-refractivity contribution is 5.97. The summed E-state index contributed by atoms with van der Waals surface area (Å²) in [7, 11) is 0. The van der Waals surface area contributed by atoms with Crippen LogP contribution in [0.15, 0.2) is 24.3 Å². The molecule has 2 N–H and O–H groups in total. The van der Waals surface area contributed by atoms with Crippen molar-refractivity contribution in [3.8, 4) is 0 Å². The van der Waals surface area contributed by atoms with Crippen molar-refractivity contribution in [1.82, 2.24) is 10.2 Å². The minimum absolute atomic E-state index is 0.0528. The highest BCUT2D eigenvalue weighted by Gasteiger charge is 2.33. The van der Waals surface area contributed by atoms with Crippen molar-refractivity contribution in [2.75, 3.05) is 36.4 Å². The van der Waals surface area contributed by atoms with Gasteiger partial charge in [-0.1, -0.05) is 26.0 Å². The Morgan fingerprint density at radius 2 is 1.96 bits per heavy atom. The lowest BCUT2D eigenvalue weighted by atomic mass is 10.0. The maximum absolute atomic E-state index is 12.9. The Balaban J connectivity index is 1.76. The monoisotopic (exact) mass is 344 g/mol. The van der Waals surface area contributed by atoms with Crippen LogP contribution >= 0.6 is 0 Å². The molecule has 3 amide bonds. The molecule has 1 atom stereocenters. The number of hydrogen-bond acceptors (Lipinski definition) is 3. The van der Waals surface area contributed by atoms with E-state index >= 15 is 0 Å². The zero-order chi connectivity index (χ0) is 17.8. The first-order valence-electron chi connectivity index (χ1n) is 9.25. The van der Waals surface area contributed by atoms with Gasteiger partial charge in [0.2, 0.25) is 5.91 Å². The molecule has 0 aromatic heterocycles. The van der Waals surface area contributed by atoms with Crippen LogP contribution in [0.2, 0.25) is 0 Å². The van der Waals surface area contributed by atoms with Crippen molar-refractivity contribution in [2.45, 2.75) is 39.2 Å². The van der Waals surface area contributed by atoms with Crippen molar-refractivity contribution in [3.05, 3.63) is 24.3 Å². The number of carbonyl (C=O) groups excluding carboxylic acids is 2. The SMILES string of the molecule is CC(C)C[C@H]1C(=O)NCCN1C(=O)Nc1ccccc1N1CCCC1. The van der Waals surface area contributed by atoms with Gasteiger partial charge >= 0.3 is 6.03 Å². The van der Waals surface area contributed by atoms with Crippen molar-refractivity contribution in [3.63, 3.8) is 0 Å². The quantitative estimate of drug-likeness (QED) is 0.883. The van der Waals surface area contributed by atoms with Crippen LogP contribution in [-0.4, -0.2) is 49.1 Å². The molecule has 0 aliphatic carbocycles. The van der Waals surface area contributed by atoms with Crippen LogP contribution in [0.4, 0.5) is 16.2 Å². The van der Waals surface area contributed by atoms with E-state index < -0.39 is 6.04 Å². The minimum Gasteiger partial charge on any atom is -0.370 e. The van der Waals surface area contributed by atoms with E-state index in [0.717, 1.165) is 24.5 Å². The summed E-state index contributed by atoms with van der Waals surface area (Å²) in [4.78, 5) is 29.1. The molecule has 0 unspecified atom stereocenters. The summed E-state index contributed by atoms with van der Waals surface area (Å²) in [5.74, 6) is 0.295. The van der Waals surface area contributed by atoms with E-state index in [1.54, 1.807) is 4.90 Å². The van der Waals surface area contributed by atoms with E-state index in [1.807, 2.05) is 18.2 Å². The van der Waals surface area contributed by atoms with Gasteiger partial charge in [-0.3, -0.25) is 4.79 Å². The summed E-state index contributed by atoms with van der Waals surface area (Å²) >= 11 is 0. The molecule has 2 saturated heterocycles. The average molecular weight is 344 g/mol. The molecule has 2 aliphatic rings. The first-order chi connectivity index (χ1) is 12.1. The van der Waals surface area contributed by atoms with Gasteiger partial charge in [-0.05, 0) is 37.3 Å². The Morgan fingerprint density at radius 3 is 2.68 bits per heavy atom. The molecule has 2 aliphatic heterocycles. The molecule has 6 nitrogen and oxygen atoms in total. The molecule has 136 valence electrons. The Hall–Kier alpha value is -2.24. The fraction of sp³-hybridized carbons (Fsp3) is 0.579. The molecule has 2 heterocycles. The third-order valence-electron chi connectivity index (χ3n) is 4.88. The van der Waals surface area contributed by atoms with E-state index in [0.29, 0.717) is 25.4 Å². The van der Waals surface area contributed by atoms with Crippen LogP contribution in [0.5, 0.6) is 0 Å². The molecular formula is C19H28N4O2. The second-order valence-corrected chi connectivity index (χ2v) is 7.27. The number of para-hydroxylation sites is 2. The van der Waals surface area contributed by atoms with Crippen LogP contribution in [0, 0.1) is 5.92 Å². The van der Waals surface area contributed by atoms with Crippen LogP contribution in [0.1, 0.15) is 33.1 Å². The van der Waals surface area contributed by atoms with Gasteiger partial charge in [0.05, 0.1) is 11.4 Å². The molecular weight excluding hydrogens is 316 g/mol. The largest absolute Gasteiger partial charge is 0.370 e. The molecule has 3 rings (SSSR count). The topological polar surface area (TPSA) is 64.7 Å². The standard InChI is InChI=1S/C19H28N4O2/c1-14(2)13-17-18(24)20-9-12-23(17)19(25)21-15-7-3-4-8-16(15)22-10-5-6-11-22/h3-4,7-8,14,17H,5-6,9-13H2,1-2H3,(H,20,24)(H,21,25)/t17-/m0/s1. The molecule has 0 radical (unpaired) electrons. The van der Waals surface area contributed by atoms with Crippen molar-refractivity contribution in [1.29, 1.82) is 0 Å². The molecule has 1 aromatic carbocycles. The summed E-state index contributed by atoms with van der Waals surface area (Å²) in [5.41, 5.74) is 1.89. The maximum Gasteiger partial charge on any atom is 0.322 e. The number of anilines is 2. The van der Waals surface area contributed by atoms with Crippen LogP contribution in [0.25, 0.3) is 0 Å². The lowest BCUT2D eigenvalue weighted by Gasteiger charge is -2.36. The van der Waals surface area contributed by atoms with Gasteiger partial charge in [0.15, 0.2) is 0 Å². The van der Waals surface area contributed by atoms with Crippen molar-refractivity contribution in [2.24, 2.45) is 5.92 Å². The van der Waals surface area contributed by atoms with Gasteiger partial charge in [-0.15, -0.1) is 0 Å². The second-order valence-electron chi connectivity index (χ2n) is 7.27. The second kappa shape index (κ2) is 7.76. The molecule has 2 fully saturated rings. The fourth-order valence-corrected chi connectivity index (χ4v) is 3.64. The summed E-state index contributed by atoms with van der Waals surface area (Å²) in [6.07, 6.45) is 3.04. The van der Waals surface area contributed by atoms with Gasteiger partial charge in [0.25, 0.3) is 0 Å². The molecule has 6 heteroatoms. The highest BCUT2D eigenvalue weighted by atomic mass is 16.2. The van der Waals surface area contributed by atoms with Gasteiger partial charge in [0.1, 0.15) is 6.04 Å². The van der Waals surface area contributed by atoms with Crippen molar-refractivity contribution >= 4 is 23.3 Å². The van der Waals surface area contributed by atoms with Gasteiger partial charge < -0.3 is 20.4 Å². The Labute approximate surface area is 149 Å². The zero-order valence-electron chi connectivity index (χ0n) is 15.1. The normalized spacial score (nSPS) is 20.8. The van der Waals surface area contributed by atoms with Crippen molar-refractivity contribution < 1.29 is 9.59 Å². The van der Waals surface area contributed by atoms with Crippen LogP contribution in [-0.2, 0) is 4.79 Å². The van der Waals surface area contributed by atoms with E-state index in [9.17, 15) is 9.59 Å². The average Bonchev–Trinajstić information content (AvgIpc) is 3.11. The highest BCUT2D eigenvalue weighted by Crippen LogP contribution is 2.29. The fourth-order valence-electron chi connectivity index (χ4n) is 3.64. The first-order valence-corrected chi connectivity index (χ1v) is 9.25. The smallest absolute Gasteiger partial charge is 0.322 e. The number of amides is 3. The number of carbonyl (C=O) groups is 2. The summed E-state index contributed by atoms with van der Waals surface area (Å²) < 4.78 is 0. The summed E-state index contributed by atoms with van der Waals surface area (Å²) in [6, 6.07) is 7.34. The molecule has 25 heavy (non-hydrogen) atoms. The zero-order valence-corrected chi connectivity index (χ0v) is 15.1. The molecule has 0 spiro atoms. The first kappa shape index (κ1) is 17.6. The lowest BCUT2D eigenvalue weighted by molar-refractivity contribution is -0.128. The number of nitrogens with zero attached hydrogens (tertiary/aromatic N) is 2. The predicted octanol–water partition coefficient (Wildman–Crippen LogP) is 2.67. The van der Waals surface area contributed by atoms with Gasteiger partial charge in [-0.2, -0.15) is 0 Å². The van der Waals surface area contributed by atoms with E-state index in [-0.39, 0.29) is 11.9 Å².